The molecule has 0 saturated carbocycles. The molecule has 2 rings (SSSR count). The van der Waals surface area contributed by atoms with Gasteiger partial charge in [-0.1, -0.05) is 29.8 Å². The Bertz CT molecular complexity index is 572. The van der Waals surface area contributed by atoms with Crippen LogP contribution in [0.4, 0.5) is 0 Å². The fourth-order valence-electron chi connectivity index (χ4n) is 1.44. The number of carbonyl (C=O) groups is 1. The number of carboxylic acids is 1. The Morgan fingerprint density at radius 2 is 1.78 bits per heavy atom. The smallest absolute Gasteiger partial charge is 0.328 e. The predicted octanol–water partition coefficient (Wildman–Crippen LogP) is 2.55. The highest BCUT2D eigenvalue weighted by molar-refractivity contribution is 5.85. The Hall–Kier alpha value is -2.49. The Labute approximate surface area is 105 Å². The zero-order chi connectivity index (χ0) is 13.0. The van der Waals surface area contributed by atoms with Crippen LogP contribution >= 0.6 is 0 Å². The number of hydrogen-bond acceptors (Lipinski definition) is 3. The first-order chi connectivity index (χ1) is 8.65. The third-order valence-electron chi connectivity index (χ3n) is 2.40. The van der Waals surface area contributed by atoms with Gasteiger partial charge in [-0.15, -0.1) is 0 Å². The summed E-state index contributed by atoms with van der Waals surface area (Å²) in [4.78, 5) is 18.8. The van der Waals surface area contributed by atoms with E-state index < -0.39 is 5.97 Å². The van der Waals surface area contributed by atoms with E-state index in [1.54, 1.807) is 12.4 Å². The first-order valence-electron chi connectivity index (χ1n) is 5.45. The van der Waals surface area contributed by atoms with Crippen LogP contribution in [0.3, 0.4) is 0 Å². The monoisotopic (exact) mass is 240 g/mol. The second-order valence-electron chi connectivity index (χ2n) is 3.88. The van der Waals surface area contributed by atoms with Crippen molar-refractivity contribution in [2.24, 2.45) is 0 Å². The lowest BCUT2D eigenvalue weighted by Gasteiger charge is -2.00. The fraction of sp³-hybridized carbons (Fsp3) is 0.0714. The van der Waals surface area contributed by atoms with Crippen molar-refractivity contribution in [3.05, 3.63) is 53.9 Å². The topological polar surface area (TPSA) is 63.1 Å². The Morgan fingerprint density at radius 1 is 1.17 bits per heavy atom. The lowest BCUT2D eigenvalue weighted by atomic mass is 10.1. The first-order valence-corrected chi connectivity index (χ1v) is 5.45. The van der Waals surface area contributed by atoms with Gasteiger partial charge < -0.3 is 5.11 Å². The van der Waals surface area contributed by atoms with Gasteiger partial charge >= 0.3 is 5.97 Å². The zero-order valence-corrected chi connectivity index (χ0v) is 9.87. The molecule has 0 saturated heterocycles. The number of aromatic nitrogens is 2. The summed E-state index contributed by atoms with van der Waals surface area (Å²) in [5, 5.41) is 8.51. The van der Waals surface area contributed by atoms with Crippen molar-refractivity contribution in [3.8, 4) is 11.4 Å². The largest absolute Gasteiger partial charge is 0.478 e. The van der Waals surface area contributed by atoms with Crippen LogP contribution in [0, 0.1) is 6.92 Å². The average molecular weight is 240 g/mol. The molecule has 18 heavy (non-hydrogen) atoms. The highest BCUT2D eigenvalue weighted by atomic mass is 16.4. The van der Waals surface area contributed by atoms with Crippen molar-refractivity contribution in [2.45, 2.75) is 6.92 Å². The number of aryl methyl sites for hydroxylation is 1. The van der Waals surface area contributed by atoms with E-state index in [0.717, 1.165) is 11.6 Å². The van der Waals surface area contributed by atoms with E-state index in [0.29, 0.717) is 11.4 Å². The van der Waals surface area contributed by atoms with E-state index in [2.05, 4.69) is 9.97 Å². The Morgan fingerprint density at radius 3 is 2.33 bits per heavy atom. The molecule has 0 spiro atoms. The van der Waals surface area contributed by atoms with Gasteiger partial charge in [0.1, 0.15) is 0 Å². The summed E-state index contributed by atoms with van der Waals surface area (Å²) in [7, 11) is 0. The molecule has 4 nitrogen and oxygen atoms in total. The van der Waals surface area contributed by atoms with Crippen LogP contribution in [0.15, 0.2) is 42.7 Å². The van der Waals surface area contributed by atoms with Gasteiger partial charge in [0, 0.05) is 29.6 Å². The lowest BCUT2D eigenvalue weighted by molar-refractivity contribution is -0.131. The summed E-state index contributed by atoms with van der Waals surface area (Å²) < 4.78 is 0. The van der Waals surface area contributed by atoms with Crippen molar-refractivity contribution >= 4 is 12.0 Å². The molecule has 0 radical (unpaired) electrons. The summed E-state index contributed by atoms with van der Waals surface area (Å²) in [6, 6.07) is 7.91. The van der Waals surface area contributed by atoms with E-state index in [-0.39, 0.29) is 0 Å². The second kappa shape index (κ2) is 5.23. The van der Waals surface area contributed by atoms with Crippen molar-refractivity contribution < 1.29 is 9.90 Å². The van der Waals surface area contributed by atoms with Crippen molar-refractivity contribution in [2.75, 3.05) is 0 Å². The van der Waals surface area contributed by atoms with Crippen LogP contribution in [-0.2, 0) is 4.79 Å². The molecule has 1 N–H and O–H groups in total. The summed E-state index contributed by atoms with van der Waals surface area (Å²) in [5.74, 6) is -0.361. The van der Waals surface area contributed by atoms with Gasteiger partial charge in [-0.25, -0.2) is 14.8 Å². The minimum Gasteiger partial charge on any atom is -0.478 e. The minimum atomic E-state index is -0.988. The number of rotatable bonds is 3. The molecule has 0 unspecified atom stereocenters. The van der Waals surface area contributed by atoms with Crippen LogP contribution in [0.5, 0.6) is 0 Å². The molecule has 0 aliphatic rings. The summed E-state index contributed by atoms with van der Waals surface area (Å²) in [6.07, 6.45) is 5.72. The molecule has 0 bridgehead atoms. The summed E-state index contributed by atoms with van der Waals surface area (Å²) in [6.45, 7) is 2.02. The molecule has 0 fully saturated rings. The van der Waals surface area contributed by atoms with Crippen LogP contribution in [0.25, 0.3) is 17.5 Å². The fourth-order valence-corrected chi connectivity index (χ4v) is 1.44. The molecular formula is C14H12N2O2. The second-order valence-corrected chi connectivity index (χ2v) is 3.88. The maximum absolute atomic E-state index is 10.4. The summed E-state index contributed by atoms with van der Waals surface area (Å²) in [5.41, 5.74) is 2.78. The van der Waals surface area contributed by atoms with Crippen molar-refractivity contribution in [1.82, 2.24) is 9.97 Å². The maximum Gasteiger partial charge on any atom is 0.328 e. The lowest BCUT2D eigenvalue weighted by Crippen LogP contribution is -1.90. The summed E-state index contributed by atoms with van der Waals surface area (Å²) >= 11 is 0. The average Bonchev–Trinajstić information content (AvgIpc) is 2.38. The Balaban J connectivity index is 2.22. The van der Waals surface area contributed by atoms with Gasteiger partial charge in [-0.05, 0) is 13.0 Å². The number of nitrogens with zero attached hydrogens (tertiary/aromatic N) is 2. The third kappa shape index (κ3) is 3.01. The number of benzene rings is 1. The van der Waals surface area contributed by atoms with Gasteiger partial charge in [-0.3, -0.25) is 0 Å². The Kier molecular flexibility index (Phi) is 3.48. The van der Waals surface area contributed by atoms with E-state index >= 15 is 0 Å². The first kappa shape index (κ1) is 12.0. The molecule has 2 aromatic rings. The van der Waals surface area contributed by atoms with Gasteiger partial charge in [-0.2, -0.15) is 0 Å². The molecule has 0 aliphatic heterocycles. The van der Waals surface area contributed by atoms with Crippen LogP contribution < -0.4 is 0 Å². The van der Waals surface area contributed by atoms with E-state index in [1.165, 1.54) is 11.6 Å². The quantitative estimate of drug-likeness (QED) is 0.837. The van der Waals surface area contributed by atoms with Crippen LogP contribution in [-0.4, -0.2) is 21.0 Å². The molecule has 0 amide bonds. The molecule has 0 atom stereocenters. The van der Waals surface area contributed by atoms with Gasteiger partial charge in [0.05, 0.1) is 0 Å². The number of carboxylic acid groups (broad SMARTS) is 1. The maximum atomic E-state index is 10.4. The molecule has 0 aliphatic carbocycles. The van der Waals surface area contributed by atoms with Crippen LogP contribution in [0.1, 0.15) is 11.1 Å². The van der Waals surface area contributed by atoms with Crippen LogP contribution in [0.2, 0.25) is 0 Å². The molecule has 1 heterocycles. The number of aliphatic carboxylic acids is 1. The highest BCUT2D eigenvalue weighted by Crippen LogP contribution is 2.15. The van der Waals surface area contributed by atoms with Gasteiger partial charge in [0.2, 0.25) is 0 Å². The minimum absolute atomic E-state index is 0.627. The standard InChI is InChI=1S/C14H12N2O2/c1-10-2-5-12(6-3-10)14-15-8-11(9-16-14)4-7-13(17)18/h2-9H,1H3,(H,17,18)/b7-4+. The van der Waals surface area contributed by atoms with E-state index in [9.17, 15) is 4.79 Å². The molecule has 1 aromatic heterocycles. The molecule has 4 heteroatoms. The van der Waals surface area contributed by atoms with Crippen molar-refractivity contribution in [1.29, 1.82) is 0 Å². The SMILES string of the molecule is Cc1ccc(-c2ncc(/C=C/C(=O)O)cn2)cc1. The van der Waals surface area contributed by atoms with Gasteiger partial charge in [0.15, 0.2) is 5.82 Å². The van der Waals surface area contributed by atoms with Crippen molar-refractivity contribution in [3.63, 3.8) is 0 Å². The normalized spacial score (nSPS) is 10.7. The highest BCUT2D eigenvalue weighted by Gasteiger charge is 2.00. The van der Waals surface area contributed by atoms with E-state index in [1.807, 2.05) is 31.2 Å². The number of hydrogen-bond donors (Lipinski definition) is 1. The van der Waals surface area contributed by atoms with Gasteiger partial charge in [0.25, 0.3) is 0 Å². The predicted molar refractivity (Wildman–Crippen MR) is 68.9 cm³/mol. The molecule has 1 aromatic carbocycles. The molecular weight excluding hydrogens is 228 g/mol. The third-order valence-corrected chi connectivity index (χ3v) is 2.40. The zero-order valence-electron chi connectivity index (χ0n) is 9.87. The molecule has 90 valence electrons. The van der Waals surface area contributed by atoms with E-state index in [4.69, 9.17) is 5.11 Å².